The summed E-state index contributed by atoms with van der Waals surface area (Å²) in [7, 11) is 0. The number of carboxylic acid groups (broad SMARTS) is 1. The van der Waals surface area contributed by atoms with Gasteiger partial charge < -0.3 is 10.4 Å². The van der Waals surface area contributed by atoms with Crippen LogP contribution in [0.5, 0.6) is 0 Å². The number of thiophene rings is 1. The summed E-state index contributed by atoms with van der Waals surface area (Å²) in [6.45, 7) is 3.82. The van der Waals surface area contributed by atoms with Crippen molar-refractivity contribution >= 4 is 40.5 Å². The monoisotopic (exact) mass is 327 g/mol. The van der Waals surface area contributed by atoms with Gasteiger partial charge in [-0.1, -0.05) is 11.6 Å². The number of aromatic nitrogens is 2. The number of halogens is 1. The van der Waals surface area contributed by atoms with Crippen LogP contribution in [-0.4, -0.2) is 26.8 Å². The molecule has 0 spiro atoms. The van der Waals surface area contributed by atoms with Crippen molar-refractivity contribution in [2.45, 2.75) is 26.8 Å². The molecule has 112 valence electrons. The molecule has 2 aromatic heterocycles. The van der Waals surface area contributed by atoms with Gasteiger partial charge in [-0.2, -0.15) is 5.10 Å². The Hall–Kier alpha value is -1.86. The van der Waals surface area contributed by atoms with Crippen LogP contribution >= 0.6 is 22.9 Å². The summed E-state index contributed by atoms with van der Waals surface area (Å²) in [6.07, 6.45) is -0.0180. The minimum atomic E-state index is -0.888. The van der Waals surface area contributed by atoms with E-state index in [0.29, 0.717) is 20.6 Å². The fourth-order valence-corrected chi connectivity index (χ4v) is 2.85. The third-order valence-corrected chi connectivity index (χ3v) is 4.18. The molecule has 21 heavy (non-hydrogen) atoms. The summed E-state index contributed by atoms with van der Waals surface area (Å²) >= 11 is 7.01. The van der Waals surface area contributed by atoms with Gasteiger partial charge in [0.15, 0.2) is 0 Å². The van der Waals surface area contributed by atoms with Crippen molar-refractivity contribution in [3.63, 3.8) is 0 Å². The Balaban J connectivity index is 2.16. The first-order valence-electron chi connectivity index (χ1n) is 6.21. The molecule has 2 N–H and O–H groups in total. The molecule has 0 saturated carbocycles. The zero-order chi connectivity index (χ0) is 15.6. The van der Waals surface area contributed by atoms with Crippen molar-refractivity contribution in [3.05, 3.63) is 32.7 Å². The zero-order valence-electron chi connectivity index (χ0n) is 11.5. The van der Waals surface area contributed by atoms with Gasteiger partial charge in [0, 0.05) is 0 Å². The summed E-state index contributed by atoms with van der Waals surface area (Å²) in [4.78, 5) is 23.2. The highest BCUT2D eigenvalue weighted by Crippen LogP contribution is 2.25. The Bertz CT molecular complexity index is 693. The predicted molar refractivity (Wildman–Crippen MR) is 81.2 cm³/mol. The van der Waals surface area contributed by atoms with Crippen LogP contribution in [-0.2, 0) is 11.3 Å². The predicted octanol–water partition coefficient (Wildman–Crippen LogP) is 2.94. The number of carbonyl (C=O) groups excluding carboxylic acids is 1. The Morgan fingerprint density at radius 1 is 1.43 bits per heavy atom. The maximum atomic E-state index is 12.1. The van der Waals surface area contributed by atoms with Crippen molar-refractivity contribution in [2.24, 2.45) is 0 Å². The standard InChI is InChI=1S/C13H14ClN3O3S/c1-7-12(8(2)17(16-7)6-5-11(18)19)15-13(20)9-3-4-10(14)21-9/h3-4H,5-6H2,1-2H3,(H,15,20)(H,18,19). The fraction of sp³-hybridized carbons (Fsp3) is 0.308. The number of nitrogens with zero attached hydrogens (tertiary/aromatic N) is 2. The van der Waals surface area contributed by atoms with Crippen LogP contribution in [0.25, 0.3) is 0 Å². The molecule has 0 unspecified atom stereocenters. The van der Waals surface area contributed by atoms with Gasteiger partial charge in [-0.3, -0.25) is 14.3 Å². The quantitative estimate of drug-likeness (QED) is 0.884. The summed E-state index contributed by atoms with van der Waals surface area (Å²) < 4.78 is 2.13. The topological polar surface area (TPSA) is 84.2 Å². The second-order valence-electron chi connectivity index (χ2n) is 4.47. The van der Waals surface area contributed by atoms with Crippen LogP contribution in [0.15, 0.2) is 12.1 Å². The highest BCUT2D eigenvalue weighted by atomic mass is 35.5. The molecule has 1 amide bonds. The van der Waals surface area contributed by atoms with Gasteiger partial charge in [-0.05, 0) is 26.0 Å². The molecule has 0 aliphatic heterocycles. The molecule has 0 bridgehead atoms. The van der Waals surface area contributed by atoms with Crippen LogP contribution in [0.1, 0.15) is 27.5 Å². The molecule has 0 fully saturated rings. The highest BCUT2D eigenvalue weighted by molar-refractivity contribution is 7.18. The summed E-state index contributed by atoms with van der Waals surface area (Å²) in [5.74, 6) is -1.14. The SMILES string of the molecule is Cc1nn(CCC(=O)O)c(C)c1NC(=O)c1ccc(Cl)s1. The fourth-order valence-electron chi connectivity index (χ4n) is 1.91. The lowest BCUT2D eigenvalue weighted by Crippen LogP contribution is -2.12. The molecule has 2 aromatic rings. The molecule has 0 aromatic carbocycles. The first kappa shape index (κ1) is 15.5. The number of carboxylic acids is 1. The molecule has 2 heterocycles. The molecule has 0 aliphatic rings. The lowest BCUT2D eigenvalue weighted by molar-refractivity contribution is -0.137. The van der Waals surface area contributed by atoms with E-state index in [4.69, 9.17) is 16.7 Å². The smallest absolute Gasteiger partial charge is 0.305 e. The van der Waals surface area contributed by atoms with E-state index in [9.17, 15) is 9.59 Å². The minimum absolute atomic E-state index is 0.0180. The normalized spacial score (nSPS) is 10.6. The van der Waals surface area contributed by atoms with Gasteiger partial charge in [0.1, 0.15) is 0 Å². The summed E-state index contributed by atoms with van der Waals surface area (Å²) in [5, 5.41) is 15.8. The summed E-state index contributed by atoms with van der Waals surface area (Å²) in [5.41, 5.74) is 1.98. The zero-order valence-corrected chi connectivity index (χ0v) is 13.1. The molecule has 0 atom stereocenters. The largest absolute Gasteiger partial charge is 0.481 e. The van der Waals surface area contributed by atoms with Crippen LogP contribution < -0.4 is 5.32 Å². The van der Waals surface area contributed by atoms with E-state index in [1.807, 2.05) is 0 Å². The van der Waals surface area contributed by atoms with Gasteiger partial charge in [0.05, 0.1) is 39.3 Å². The summed E-state index contributed by atoms with van der Waals surface area (Å²) in [6, 6.07) is 3.32. The van der Waals surface area contributed by atoms with E-state index in [1.165, 1.54) is 11.3 Å². The van der Waals surface area contributed by atoms with E-state index in [0.717, 1.165) is 5.69 Å². The minimum Gasteiger partial charge on any atom is -0.481 e. The van der Waals surface area contributed by atoms with Gasteiger partial charge in [-0.25, -0.2) is 0 Å². The van der Waals surface area contributed by atoms with Gasteiger partial charge in [0.25, 0.3) is 5.91 Å². The highest BCUT2D eigenvalue weighted by Gasteiger charge is 2.16. The Kier molecular flexibility index (Phi) is 4.64. The third-order valence-electron chi connectivity index (χ3n) is 2.95. The molecule has 6 nitrogen and oxygen atoms in total. The molecule has 2 rings (SSSR count). The number of aliphatic carboxylic acids is 1. The maximum Gasteiger partial charge on any atom is 0.305 e. The van der Waals surface area contributed by atoms with Crippen LogP contribution in [0.2, 0.25) is 4.34 Å². The average Bonchev–Trinajstić information content (AvgIpc) is 2.95. The van der Waals surface area contributed by atoms with E-state index in [1.54, 1.807) is 30.7 Å². The molecule has 0 aliphatic carbocycles. The van der Waals surface area contributed by atoms with Crippen molar-refractivity contribution in [3.8, 4) is 0 Å². The van der Waals surface area contributed by atoms with Crippen LogP contribution in [0.4, 0.5) is 5.69 Å². The molecular formula is C13H14ClN3O3S. The number of hydrogen-bond donors (Lipinski definition) is 2. The number of rotatable bonds is 5. The number of aryl methyl sites for hydroxylation is 2. The van der Waals surface area contributed by atoms with Gasteiger partial charge in [-0.15, -0.1) is 11.3 Å². The number of nitrogens with one attached hydrogen (secondary N) is 1. The first-order valence-corrected chi connectivity index (χ1v) is 7.40. The lowest BCUT2D eigenvalue weighted by Gasteiger charge is -2.05. The lowest BCUT2D eigenvalue weighted by atomic mass is 10.3. The van der Waals surface area contributed by atoms with E-state index in [2.05, 4.69) is 10.4 Å². The van der Waals surface area contributed by atoms with E-state index >= 15 is 0 Å². The Labute approximate surface area is 130 Å². The second-order valence-corrected chi connectivity index (χ2v) is 6.19. The van der Waals surface area contributed by atoms with Crippen molar-refractivity contribution in [1.29, 1.82) is 0 Å². The van der Waals surface area contributed by atoms with Crippen molar-refractivity contribution in [2.75, 3.05) is 5.32 Å². The van der Waals surface area contributed by atoms with Crippen LogP contribution in [0, 0.1) is 13.8 Å². The Morgan fingerprint density at radius 3 is 2.71 bits per heavy atom. The van der Waals surface area contributed by atoms with E-state index < -0.39 is 5.97 Å². The average molecular weight is 328 g/mol. The number of carbonyl (C=O) groups is 2. The van der Waals surface area contributed by atoms with Crippen molar-refractivity contribution < 1.29 is 14.7 Å². The third kappa shape index (κ3) is 3.62. The number of hydrogen-bond acceptors (Lipinski definition) is 4. The first-order chi connectivity index (χ1) is 9.88. The molecule has 8 heteroatoms. The number of anilines is 1. The van der Waals surface area contributed by atoms with Crippen LogP contribution in [0.3, 0.4) is 0 Å². The number of amides is 1. The van der Waals surface area contributed by atoms with E-state index in [-0.39, 0.29) is 18.9 Å². The second kappa shape index (κ2) is 6.28. The Morgan fingerprint density at radius 2 is 2.14 bits per heavy atom. The molecular weight excluding hydrogens is 314 g/mol. The molecule has 0 saturated heterocycles. The van der Waals surface area contributed by atoms with Gasteiger partial charge in [0.2, 0.25) is 0 Å². The van der Waals surface area contributed by atoms with Gasteiger partial charge >= 0.3 is 5.97 Å². The molecule has 0 radical (unpaired) electrons. The van der Waals surface area contributed by atoms with Crippen molar-refractivity contribution in [1.82, 2.24) is 9.78 Å². The maximum absolute atomic E-state index is 12.1.